The van der Waals surface area contributed by atoms with E-state index in [2.05, 4.69) is 81.1 Å². The van der Waals surface area contributed by atoms with Crippen LogP contribution in [0.25, 0.3) is 21.8 Å². The molecule has 192 valence electrons. The molecule has 0 amide bonds. The van der Waals surface area contributed by atoms with Gasteiger partial charge < -0.3 is 9.47 Å². The molecule has 4 nitrogen and oxygen atoms in total. The first-order valence-corrected chi connectivity index (χ1v) is 14.1. The predicted octanol–water partition coefficient (Wildman–Crippen LogP) is 7.63. The van der Waals surface area contributed by atoms with Gasteiger partial charge in [-0.3, -0.25) is 9.88 Å². The maximum absolute atomic E-state index is 4.67. The molecule has 4 aromatic rings. The standard InChI is InChI=1S/C28H32N4.2C2H6/c1-30-20-25(24-8-2-3-9-26(24)30)21-11-13-23(14-12-21)31-16-18-32(19-17-31)27-10-4-6-22-7-5-15-29-28(22)27;2*1-2/h2-10,15,20-21,23H,11-14,16-19H2,1H3;2*1-2H3. The summed E-state index contributed by atoms with van der Waals surface area (Å²) in [6.45, 7) is 12.5. The van der Waals surface area contributed by atoms with Gasteiger partial charge in [0.05, 0.1) is 11.2 Å². The van der Waals surface area contributed by atoms with Gasteiger partial charge in [0.25, 0.3) is 0 Å². The molecule has 2 aromatic carbocycles. The second kappa shape index (κ2) is 12.4. The zero-order valence-corrected chi connectivity index (χ0v) is 23.0. The number of piperazine rings is 1. The van der Waals surface area contributed by atoms with Gasteiger partial charge in [0.2, 0.25) is 0 Å². The summed E-state index contributed by atoms with van der Waals surface area (Å²) in [5.74, 6) is 0.709. The zero-order chi connectivity index (χ0) is 25.5. The Morgan fingerprint density at radius 3 is 2.19 bits per heavy atom. The minimum Gasteiger partial charge on any atom is -0.367 e. The summed E-state index contributed by atoms with van der Waals surface area (Å²) in [5, 5.41) is 2.69. The molecule has 1 saturated heterocycles. The summed E-state index contributed by atoms with van der Waals surface area (Å²) in [4.78, 5) is 9.96. The summed E-state index contributed by atoms with van der Waals surface area (Å²) >= 11 is 0. The Kier molecular flexibility index (Phi) is 9.03. The molecule has 1 saturated carbocycles. The van der Waals surface area contributed by atoms with E-state index in [4.69, 9.17) is 0 Å². The topological polar surface area (TPSA) is 24.3 Å². The van der Waals surface area contributed by atoms with Crippen LogP contribution in [0.5, 0.6) is 0 Å². The molecule has 0 unspecified atom stereocenters. The summed E-state index contributed by atoms with van der Waals surface area (Å²) in [6, 6.07) is 20.4. The summed E-state index contributed by atoms with van der Waals surface area (Å²) in [7, 11) is 2.18. The minimum atomic E-state index is 0.709. The third kappa shape index (κ3) is 5.29. The summed E-state index contributed by atoms with van der Waals surface area (Å²) < 4.78 is 2.30. The van der Waals surface area contributed by atoms with Crippen LogP contribution < -0.4 is 4.90 Å². The van der Waals surface area contributed by atoms with Crippen molar-refractivity contribution in [3.8, 4) is 0 Å². The highest BCUT2D eigenvalue weighted by molar-refractivity contribution is 5.90. The van der Waals surface area contributed by atoms with Crippen LogP contribution in [-0.4, -0.2) is 46.7 Å². The van der Waals surface area contributed by atoms with Gasteiger partial charge in [-0.25, -0.2) is 0 Å². The van der Waals surface area contributed by atoms with Crippen molar-refractivity contribution in [1.82, 2.24) is 14.5 Å². The molecule has 0 spiro atoms. The van der Waals surface area contributed by atoms with Crippen molar-refractivity contribution in [3.63, 3.8) is 0 Å². The van der Waals surface area contributed by atoms with Gasteiger partial charge in [0.15, 0.2) is 0 Å². The van der Waals surface area contributed by atoms with Crippen molar-refractivity contribution in [2.24, 2.45) is 7.05 Å². The van der Waals surface area contributed by atoms with Gasteiger partial charge in [0.1, 0.15) is 0 Å². The smallest absolute Gasteiger partial charge is 0.0935 e. The molecule has 4 heteroatoms. The maximum atomic E-state index is 4.67. The van der Waals surface area contributed by atoms with E-state index in [1.54, 1.807) is 5.56 Å². The van der Waals surface area contributed by atoms with Gasteiger partial charge >= 0.3 is 0 Å². The summed E-state index contributed by atoms with van der Waals surface area (Å²) in [5.41, 5.74) is 5.36. The lowest BCUT2D eigenvalue weighted by Crippen LogP contribution is -2.51. The molecule has 0 bridgehead atoms. The van der Waals surface area contributed by atoms with Crippen LogP contribution in [0, 0.1) is 0 Å². The van der Waals surface area contributed by atoms with Gasteiger partial charge in [-0.15, -0.1) is 0 Å². The monoisotopic (exact) mass is 484 g/mol. The average Bonchev–Trinajstić information content (AvgIpc) is 3.31. The quantitative estimate of drug-likeness (QED) is 0.299. The van der Waals surface area contributed by atoms with E-state index in [9.17, 15) is 0 Å². The lowest BCUT2D eigenvalue weighted by Gasteiger charge is -2.42. The average molecular weight is 485 g/mol. The van der Waals surface area contributed by atoms with E-state index in [1.807, 2.05) is 40.0 Å². The molecule has 1 aliphatic carbocycles. The van der Waals surface area contributed by atoms with E-state index in [0.29, 0.717) is 5.92 Å². The molecule has 0 N–H and O–H groups in total. The number of benzene rings is 2. The Morgan fingerprint density at radius 1 is 0.750 bits per heavy atom. The highest BCUT2D eigenvalue weighted by atomic mass is 15.3. The second-order valence-corrected chi connectivity index (χ2v) is 9.59. The normalized spacial score (nSPS) is 20.4. The molecule has 6 rings (SSSR count). The van der Waals surface area contributed by atoms with Crippen LogP contribution in [-0.2, 0) is 7.05 Å². The molecule has 1 aliphatic heterocycles. The Hall–Kier alpha value is -2.85. The Labute approximate surface area is 217 Å². The Balaban J connectivity index is 0.000000726. The van der Waals surface area contributed by atoms with E-state index in [0.717, 1.165) is 37.7 Å². The van der Waals surface area contributed by atoms with Crippen molar-refractivity contribution in [3.05, 3.63) is 72.6 Å². The lowest BCUT2D eigenvalue weighted by atomic mass is 9.81. The number of pyridine rings is 1. The van der Waals surface area contributed by atoms with Gasteiger partial charge in [-0.05, 0) is 55.4 Å². The van der Waals surface area contributed by atoms with Crippen molar-refractivity contribution in [2.45, 2.75) is 65.3 Å². The van der Waals surface area contributed by atoms with Crippen LogP contribution >= 0.6 is 0 Å². The van der Waals surface area contributed by atoms with Gasteiger partial charge in [-0.1, -0.05) is 64.1 Å². The van der Waals surface area contributed by atoms with Crippen molar-refractivity contribution in [1.29, 1.82) is 0 Å². The van der Waals surface area contributed by atoms with Crippen molar-refractivity contribution in [2.75, 3.05) is 31.1 Å². The first-order valence-electron chi connectivity index (χ1n) is 14.1. The maximum Gasteiger partial charge on any atom is 0.0935 e. The third-order valence-corrected chi connectivity index (χ3v) is 7.85. The fraction of sp³-hybridized carbons (Fsp3) is 0.469. The van der Waals surface area contributed by atoms with Crippen LogP contribution in [0.1, 0.15) is 64.9 Å². The molecular formula is C32H44N4. The number of anilines is 1. The van der Waals surface area contributed by atoms with Crippen LogP contribution in [0.15, 0.2) is 67.0 Å². The molecule has 0 atom stereocenters. The zero-order valence-electron chi connectivity index (χ0n) is 23.0. The van der Waals surface area contributed by atoms with Gasteiger partial charge in [0, 0.05) is 68.0 Å². The first-order chi connectivity index (χ1) is 17.8. The Bertz CT molecular complexity index is 1220. The molecular weight excluding hydrogens is 440 g/mol. The summed E-state index contributed by atoms with van der Waals surface area (Å²) in [6.07, 6.45) is 9.56. The number of rotatable bonds is 3. The Morgan fingerprint density at radius 2 is 1.44 bits per heavy atom. The fourth-order valence-electron chi connectivity index (χ4n) is 6.12. The molecule has 0 radical (unpaired) electrons. The second-order valence-electron chi connectivity index (χ2n) is 9.59. The van der Waals surface area contributed by atoms with E-state index in [-0.39, 0.29) is 0 Å². The molecule has 2 fully saturated rings. The third-order valence-electron chi connectivity index (χ3n) is 7.85. The highest BCUT2D eigenvalue weighted by Gasteiger charge is 2.30. The van der Waals surface area contributed by atoms with E-state index in [1.165, 1.54) is 47.7 Å². The van der Waals surface area contributed by atoms with Crippen LogP contribution in [0.2, 0.25) is 0 Å². The lowest BCUT2D eigenvalue weighted by molar-refractivity contribution is 0.141. The predicted molar refractivity (Wildman–Crippen MR) is 156 cm³/mol. The van der Waals surface area contributed by atoms with E-state index >= 15 is 0 Å². The minimum absolute atomic E-state index is 0.709. The number of aryl methyl sites for hydroxylation is 1. The molecule has 3 heterocycles. The first kappa shape index (κ1) is 26.2. The molecule has 2 aromatic heterocycles. The van der Waals surface area contributed by atoms with Crippen molar-refractivity contribution >= 4 is 27.5 Å². The number of aromatic nitrogens is 2. The fourth-order valence-corrected chi connectivity index (χ4v) is 6.12. The van der Waals surface area contributed by atoms with E-state index < -0.39 is 0 Å². The largest absolute Gasteiger partial charge is 0.367 e. The molecule has 36 heavy (non-hydrogen) atoms. The SMILES string of the molecule is CC.CC.Cn1cc(C2CCC(N3CCN(c4cccc5cccnc45)CC3)CC2)c2ccccc21. The molecule has 2 aliphatic rings. The van der Waals surface area contributed by atoms with Crippen molar-refractivity contribution < 1.29 is 0 Å². The van der Waals surface area contributed by atoms with Crippen LogP contribution in [0.4, 0.5) is 5.69 Å². The number of para-hydroxylation sites is 2. The number of nitrogens with zero attached hydrogens (tertiary/aromatic N) is 4. The van der Waals surface area contributed by atoms with Crippen LogP contribution in [0.3, 0.4) is 0 Å². The highest BCUT2D eigenvalue weighted by Crippen LogP contribution is 2.39. The number of hydrogen-bond acceptors (Lipinski definition) is 3. The van der Waals surface area contributed by atoms with Gasteiger partial charge in [-0.2, -0.15) is 0 Å². The number of hydrogen-bond donors (Lipinski definition) is 0. The number of fused-ring (bicyclic) bond motifs is 2.